The Kier molecular flexibility index (Phi) is 1.59. The summed E-state index contributed by atoms with van der Waals surface area (Å²) in [6, 6.07) is 2.91. The second-order valence-electron chi connectivity index (χ2n) is 2.26. The van der Waals surface area contributed by atoms with E-state index in [-0.39, 0.29) is 5.82 Å². The Morgan fingerprint density at radius 2 is 2.25 bits per heavy atom. The molecule has 1 N–H and O–H groups in total. The summed E-state index contributed by atoms with van der Waals surface area (Å²) in [5.41, 5.74) is 1.30. The van der Waals surface area contributed by atoms with Crippen molar-refractivity contribution in [3.8, 4) is 11.4 Å². The fourth-order valence-corrected chi connectivity index (χ4v) is 0.884. The van der Waals surface area contributed by atoms with Crippen molar-refractivity contribution in [2.75, 3.05) is 0 Å². The van der Waals surface area contributed by atoms with Gasteiger partial charge in [0.25, 0.3) is 0 Å². The van der Waals surface area contributed by atoms with E-state index in [4.69, 9.17) is 0 Å². The maximum atomic E-state index is 12.4. The smallest absolute Gasteiger partial charge is 0.174 e. The van der Waals surface area contributed by atoms with Gasteiger partial charge in [0.1, 0.15) is 11.5 Å². The zero-order valence-corrected chi connectivity index (χ0v) is 6.08. The summed E-state index contributed by atoms with van der Waals surface area (Å²) in [7, 11) is 0. The third-order valence-electron chi connectivity index (χ3n) is 1.44. The summed E-state index contributed by atoms with van der Waals surface area (Å²) in [5.74, 6) is -0.349. The van der Waals surface area contributed by atoms with Crippen molar-refractivity contribution in [1.29, 1.82) is 0 Å². The molecule has 4 heteroatoms. The van der Waals surface area contributed by atoms with Crippen LogP contribution in [-0.4, -0.2) is 15.0 Å². The van der Waals surface area contributed by atoms with Crippen molar-refractivity contribution in [3.05, 3.63) is 36.7 Å². The first-order valence-corrected chi connectivity index (χ1v) is 3.39. The number of imidazole rings is 1. The molecule has 0 aromatic carbocycles. The zero-order chi connectivity index (χ0) is 8.39. The topological polar surface area (TPSA) is 41.6 Å². The van der Waals surface area contributed by atoms with Crippen LogP contribution in [0.2, 0.25) is 0 Å². The van der Waals surface area contributed by atoms with Crippen molar-refractivity contribution in [1.82, 2.24) is 15.0 Å². The largest absolute Gasteiger partial charge is 0.341 e. The third-order valence-corrected chi connectivity index (χ3v) is 1.44. The van der Waals surface area contributed by atoms with Crippen LogP contribution in [0.5, 0.6) is 0 Å². The van der Waals surface area contributed by atoms with Gasteiger partial charge >= 0.3 is 0 Å². The molecule has 2 aromatic rings. The van der Waals surface area contributed by atoms with Gasteiger partial charge in [-0.1, -0.05) is 0 Å². The van der Waals surface area contributed by atoms with Crippen LogP contribution < -0.4 is 0 Å². The number of halogens is 1. The summed E-state index contributed by atoms with van der Waals surface area (Å²) >= 11 is 0. The van der Waals surface area contributed by atoms with Gasteiger partial charge < -0.3 is 4.98 Å². The van der Waals surface area contributed by atoms with Gasteiger partial charge in [0, 0.05) is 6.20 Å². The van der Waals surface area contributed by atoms with E-state index in [1.807, 2.05) is 0 Å². The number of aromatic nitrogens is 3. The maximum Gasteiger partial charge on any atom is 0.174 e. The molecule has 3 nitrogen and oxygen atoms in total. The Morgan fingerprint density at radius 3 is 2.83 bits per heavy atom. The maximum absolute atomic E-state index is 12.4. The molecule has 1 radical (unpaired) electrons. The third kappa shape index (κ3) is 1.18. The van der Waals surface area contributed by atoms with E-state index in [0.29, 0.717) is 11.4 Å². The molecular weight excluding hydrogens is 157 g/mol. The molecule has 0 amide bonds. The summed E-state index contributed by atoms with van der Waals surface area (Å²) in [4.78, 5) is 10.4. The van der Waals surface area contributed by atoms with Gasteiger partial charge in [-0.15, -0.1) is 0 Å². The van der Waals surface area contributed by atoms with Crippen molar-refractivity contribution >= 4 is 0 Å². The molecule has 0 aliphatic carbocycles. The number of hydrogen-bond donors (Lipinski definition) is 1. The predicted octanol–water partition coefficient (Wildman–Crippen LogP) is 1.41. The van der Waals surface area contributed by atoms with Gasteiger partial charge in [0.05, 0.1) is 11.9 Å². The van der Waals surface area contributed by atoms with Gasteiger partial charge in [-0.25, -0.2) is 9.37 Å². The number of aromatic amines is 1. The number of nitrogens with zero attached hydrogens (tertiary/aromatic N) is 2. The first-order valence-electron chi connectivity index (χ1n) is 3.39. The Labute approximate surface area is 68.3 Å². The lowest BCUT2D eigenvalue weighted by Crippen LogP contribution is -1.83. The monoisotopic (exact) mass is 162 g/mol. The average Bonchev–Trinajstić information content (AvgIpc) is 2.58. The Hall–Kier alpha value is -1.71. The van der Waals surface area contributed by atoms with E-state index in [1.165, 1.54) is 6.07 Å². The van der Waals surface area contributed by atoms with Gasteiger partial charge in [0.15, 0.2) is 6.33 Å². The first kappa shape index (κ1) is 6.97. The van der Waals surface area contributed by atoms with Crippen LogP contribution in [0.4, 0.5) is 4.39 Å². The molecule has 59 valence electrons. The highest BCUT2D eigenvalue weighted by Gasteiger charge is 1.99. The molecule has 2 aromatic heterocycles. The summed E-state index contributed by atoms with van der Waals surface area (Å²) < 4.78 is 12.4. The van der Waals surface area contributed by atoms with Crippen LogP contribution >= 0.6 is 0 Å². The number of H-pyrrole nitrogens is 1. The molecule has 0 aliphatic heterocycles. The summed E-state index contributed by atoms with van der Waals surface area (Å²) in [5, 5.41) is 0. The minimum Gasteiger partial charge on any atom is -0.341 e. The first-order chi connectivity index (χ1) is 5.86. The second kappa shape index (κ2) is 2.73. The van der Waals surface area contributed by atoms with Gasteiger partial charge in [-0.2, -0.15) is 0 Å². The normalized spacial score (nSPS) is 10.1. The standard InChI is InChI=1S/C8H5FN3/c9-6-1-2-7(11-3-6)8-4-10-5-12-8/h1-4H,(H,10,12). The molecule has 2 rings (SSSR count). The number of pyridine rings is 1. The van der Waals surface area contributed by atoms with Crippen LogP contribution in [0.25, 0.3) is 11.4 Å². The van der Waals surface area contributed by atoms with Gasteiger partial charge in [0.2, 0.25) is 0 Å². The molecule has 2 heterocycles. The minimum atomic E-state index is -0.349. The Bertz CT molecular complexity index is 352. The fraction of sp³-hybridized carbons (Fsp3) is 0. The molecule has 0 fully saturated rings. The van der Waals surface area contributed by atoms with Crippen LogP contribution in [0.1, 0.15) is 0 Å². The van der Waals surface area contributed by atoms with E-state index in [0.717, 1.165) is 6.20 Å². The molecule has 0 saturated heterocycles. The van der Waals surface area contributed by atoms with Crippen molar-refractivity contribution in [2.45, 2.75) is 0 Å². The van der Waals surface area contributed by atoms with E-state index in [2.05, 4.69) is 21.3 Å². The number of hydrogen-bond acceptors (Lipinski definition) is 2. The van der Waals surface area contributed by atoms with Crippen LogP contribution in [0.3, 0.4) is 0 Å². The van der Waals surface area contributed by atoms with Crippen molar-refractivity contribution in [3.63, 3.8) is 0 Å². The average molecular weight is 162 g/mol. The van der Waals surface area contributed by atoms with Crippen LogP contribution in [0, 0.1) is 12.1 Å². The molecular formula is C8H5FN3. The van der Waals surface area contributed by atoms with E-state index in [9.17, 15) is 4.39 Å². The minimum absolute atomic E-state index is 0.349. The Balaban J connectivity index is 2.43. The van der Waals surface area contributed by atoms with Gasteiger partial charge in [-0.05, 0) is 12.1 Å². The van der Waals surface area contributed by atoms with E-state index in [1.54, 1.807) is 12.3 Å². The van der Waals surface area contributed by atoms with E-state index >= 15 is 0 Å². The van der Waals surface area contributed by atoms with Crippen LogP contribution in [-0.2, 0) is 0 Å². The second-order valence-corrected chi connectivity index (χ2v) is 2.26. The van der Waals surface area contributed by atoms with Gasteiger partial charge in [-0.3, -0.25) is 4.98 Å². The highest BCUT2D eigenvalue weighted by Crippen LogP contribution is 2.11. The fourth-order valence-electron chi connectivity index (χ4n) is 0.884. The lowest BCUT2D eigenvalue weighted by Gasteiger charge is -1.92. The van der Waals surface area contributed by atoms with E-state index < -0.39 is 0 Å². The molecule has 0 saturated carbocycles. The molecule has 0 spiro atoms. The molecule has 0 unspecified atom stereocenters. The number of nitrogens with one attached hydrogen (secondary N) is 1. The summed E-state index contributed by atoms with van der Waals surface area (Å²) in [6.07, 6.45) is 5.34. The molecule has 0 bridgehead atoms. The quantitative estimate of drug-likeness (QED) is 0.688. The van der Waals surface area contributed by atoms with Crippen LogP contribution in [0.15, 0.2) is 24.5 Å². The van der Waals surface area contributed by atoms with Crippen molar-refractivity contribution in [2.24, 2.45) is 0 Å². The molecule has 0 atom stereocenters. The predicted molar refractivity (Wildman–Crippen MR) is 40.6 cm³/mol. The molecule has 12 heavy (non-hydrogen) atoms. The lowest BCUT2D eigenvalue weighted by atomic mass is 10.3. The highest BCUT2D eigenvalue weighted by molar-refractivity contribution is 5.51. The highest BCUT2D eigenvalue weighted by atomic mass is 19.1. The zero-order valence-electron chi connectivity index (χ0n) is 6.08. The lowest BCUT2D eigenvalue weighted by molar-refractivity contribution is 0.622. The SMILES string of the molecule is Fc1ccc(-c2c[nH][c]n2)nc1. The summed E-state index contributed by atoms with van der Waals surface area (Å²) in [6.45, 7) is 0. The Morgan fingerprint density at radius 1 is 1.33 bits per heavy atom. The number of rotatable bonds is 1. The molecule has 0 aliphatic rings. The van der Waals surface area contributed by atoms with Crippen molar-refractivity contribution < 1.29 is 4.39 Å².